The van der Waals surface area contributed by atoms with E-state index in [9.17, 15) is 14.4 Å². The second-order valence-corrected chi connectivity index (χ2v) is 6.24. The molecule has 0 heterocycles. The normalized spacial score (nSPS) is 13.1. The largest absolute Gasteiger partial charge is 0.464 e. The quantitative estimate of drug-likeness (QED) is 0.504. The molecule has 1 amide bonds. The molecular weight excluding hydrogens is 312 g/mol. The first kappa shape index (κ1) is 22.4. The molecule has 0 bridgehead atoms. The van der Waals surface area contributed by atoms with Gasteiger partial charge in [0.25, 0.3) is 5.54 Å². The fraction of sp³-hybridized carbons (Fsp3) is 0.824. The third-order valence-electron chi connectivity index (χ3n) is 3.83. The third kappa shape index (κ3) is 4.93. The lowest BCUT2D eigenvalue weighted by atomic mass is 9.87. The van der Waals surface area contributed by atoms with Crippen molar-refractivity contribution in [3.05, 3.63) is 0 Å². The summed E-state index contributed by atoms with van der Waals surface area (Å²) in [6.07, 6.45) is 0. The Morgan fingerprint density at radius 1 is 0.917 bits per heavy atom. The van der Waals surface area contributed by atoms with Crippen LogP contribution in [0.15, 0.2) is 0 Å². The van der Waals surface area contributed by atoms with Crippen LogP contribution < -0.4 is 5.32 Å². The molecule has 0 radical (unpaired) electrons. The predicted molar refractivity (Wildman–Crippen MR) is 91.4 cm³/mol. The van der Waals surface area contributed by atoms with Gasteiger partial charge in [-0.05, 0) is 48.5 Å². The molecule has 1 atom stereocenters. The molecule has 24 heavy (non-hydrogen) atoms. The first-order chi connectivity index (χ1) is 11.1. The third-order valence-corrected chi connectivity index (χ3v) is 3.83. The predicted octanol–water partition coefficient (Wildman–Crippen LogP) is 1.49. The molecule has 0 aliphatic heterocycles. The highest BCUT2D eigenvalue weighted by atomic mass is 16.6. The van der Waals surface area contributed by atoms with Gasteiger partial charge >= 0.3 is 11.9 Å². The second kappa shape index (κ2) is 9.61. The molecule has 7 nitrogen and oxygen atoms in total. The zero-order chi connectivity index (χ0) is 19.1. The van der Waals surface area contributed by atoms with Gasteiger partial charge in [0.1, 0.15) is 0 Å². The van der Waals surface area contributed by atoms with Crippen LogP contribution in [-0.4, -0.2) is 59.6 Å². The number of rotatable bonds is 9. The van der Waals surface area contributed by atoms with Crippen molar-refractivity contribution in [1.29, 1.82) is 0 Å². The summed E-state index contributed by atoms with van der Waals surface area (Å²) >= 11 is 0. The molecule has 0 aromatic rings. The fourth-order valence-electron chi connectivity index (χ4n) is 3.11. The number of carbonyl (C=O) groups excluding carboxylic acids is 3. The Hall–Kier alpha value is -1.63. The standard InChI is InChI=1S/C17H32N2O5/c1-9-23-15(21)17(18-14(8)20,16(22)24-10-2)13(7)19(11(3)4)12(5)6/h11-13H,9-10H2,1-8H3,(H,18,20). The summed E-state index contributed by atoms with van der Waals surface area (Å²) in [6, 6.07) is -0.575. The smallest absolute Gasteiger partial charge is 0.345 e. The Labute approximate surface area is 145 Å². The Morgan fingerprint density at radius 3 is 1.54 bits per heavy atom. The van der Waals surface area contributed by atoms with Crippen LogP contribution in [0.2, 0.25) is 0 Å². The number of hydrogen-bond donors (Lipinski definition) is 1. The molecule has 0 fully saturated rings. The first-order valence-electron chi connectivity index (χ1n) is 8.46. The number of nitrogens with one attached hydrogen (secondary N) is 1. The second-order valence-electron chi connectivity index (χ2n) is 6.24. The van der Waals surface area contributed by atoms with Crippen LogP contribution in [0.1, 0.15) is 55.4 Å². The number of ether oxygens (including phenoxy) is 2. The van der Waals surface area contributed by atoms with Crippen LogP contribution >= 0.6 is 0 Å². The lowest BCUT2D eigenvalue weighted by Gasteiger charge is -2.44. The van der Waals surface area contributed by atoms with Gasteiger partial charge in [-0.3, -0.25) is 9.69 Å². The van der Waals surface area contributed by atoms with Crippen molar-refractivity contribution in [1.82, 2.24) is 10.2 Å². The van der Waals surface area contributed by atoms with E-state index in [1.165, 1.54) is 6.92 Å². The van der Waals surface area contributed by atoms with Crippen LogP contribution in [0.4, 0.5) is 0 Å². The number of amides is 1. The summed E-state index contributed by atoms with van der Waals surface area (Å²) in [5, 5.41) is 2.52. The first-order valence-corrected chi connectivity index (χ1v) is 8.46. The SMILES string of the molecule is CCOC(=O)C(NC(C)=O)(C(=O)OCC)C(C)N(C(C)C)C(C)C. The maximum absolute atomic E-state index is 12.7. The van der Waals surface area contributed by atoms with Crippen LogP contribution in [0.5, 0.6) is 0 Å². The zero-order valence-electron chi connectivity index (χ0n) is 16.1. The Morgan fingerprint density at radius 2 is 1.29 bits per heavy atom. The molecule has 0 saturated carbocycles. The highest BCUT2D eigenvalue weighted by molar-refractivity contribution is 6.08. The van der Waals surface area contributed by atoms with Gasteiger partial charge < -0.3 is 14.8 Å². The average molecular weight is 344 g/mol. The van der Waals surface area contributed by atoms with E-state index in [-0.39, 0.29) is 25.3 Å². The van der Waals surface area contributed by atoms with Crippen LogP contribution in [0, 0.1) is 0 Å². The maximum Gasteiger partial charge on any atom is 0.345 e. The highest BCUT2D eigenvalue weighted by Gasteiger charge is 2.56. The Balaban J connectivity index is 6.25. The van der Waals surface area contributed by atoms with Gasteiger partial charge in [-0.2, -0.15) is 0 Å². The average Bonchev–Trinajstić information content (AvgIpc) is 2.43. The Kier molecular flexibility index (Phi) is 8.96. The van der Waals surface area contributed by atoms with E-state index >= 15 is 0 Å². The number of carbonyl (C=O) groups is 3. The summed E-state index contributed by atoms with van der Waals surface area (Å²) in [5.74, 6) is -2.12. The number of hydrogen-bond acceptors (Lipinski definition) is 6. The summed E-state index contributed by atoms with van der Waals surface area (Å²) in [7, 11) is 0. The van der Waals surface area contributed by atoms with Gasteiger partial charge in [-0.25, -0.2) is 9.59 Å². The van der Waals surface area contributed by atoms with Crippen molar-refractivity contribution >= 4 is 17.8 Å². The van der Waals surface area contributed by atoms with Crippen molar-refractivity contribution < 1.29 is 23.9 Å². The van der Waals surface area contributed by atoms with Crippen molar-refractivity contribution in [2.24, 2.45) is 0 Å². The molecule has 0 aromatic heterocycles. The topological polar surface area (TPSA) is 84.9 Å². The number of nitrogens with zero attached hydrogens (tertiary/aromatic N) is 1. The summed E-state index contributed by atoms with van der Waals surface area (Å²) in [4.78, 5) is 39.3. The lowest BCUT2D eigenvalue weighted by Crippen LogP contribution is -2.72. The van der Waals surface area contributed by atoms with Gasteiger partial charge in [0, 0.05) is 19.0 Å². The minimum Gasteiger partial charge on any atom is -0.464 e. The van der Waals surface area contributed by atoms with E-state index in [0.717, 1.165) is 0 Å². The van der Waals surface area contributed by atoms with E-state index in [1.807, 2.05) is 32.6 Å². The van der Waals surface area contributed by atoms with E-state index in [2.05, 4.69) is 5.32 Å². The number of esters is 2. The van der Waals surface area contributed by atoms with Crippen molar-refractivity contribution in [2.75, 3.05) is 13.2 Å². The van der Waals surface area contributed by atoms with E-state index in [0.29, 0.717) is 0 Å². The summed E-state index contributed by atoms with van der Waals surface area (Å²) in [5.41, 5.74) is -1.91. The molecule has 0 saturated heterocycles. The van der Waals surface area contributed by atoms with Crippen LogP contribution in [0.25, 0.3) is 0 Å². The molecule has 7 heteroatoms. The highest BCUT2D eigenvalue weighted by Crippen LogP contribution is 2.25. The van der Waals surface area contributed by atoms with Gasteiger partial charge in [0.15, 0.2) is 0 Å². The van der Waals surface area contributed by atoms with Gasteiger partial charge in [0.2, 0.25) is 5.91 Å². The molecule has 0 aromatic carbocycles. The van der Waals surface area contributed by atoms with Crippen LogP contribution in [-0.2, 0) is 23.9 Å². The molecular formula is C17H32N2O5. The molecule has 1 N–H and O–H groups in total. The van der Waals surface area contributed by atoms with Gasteiger partial charge in [0.05, 0.1) is 19.3 Å². The van der Waals surface area contributed by atoms with Gasteiger partial charge in [-0.15, -0.1) is 0 Å². The molecule has 0 rings (SSSR count). The summed E-state index contributed by atoms with van der Waals surface area (Å²) in [6.45, 7) is 14.3. The van der Waals surface area contributed by atoms with Gasteiger partial charge in [-0.1, -0.05) is 0 Å². The molecule has 0 aliphatic rings. The molecule has 140 valence electrons. The lowest BCUT2D eigenvalue weighted by molar-refractivity contribution is -0.173. The molecule has 0 spiro atoms. The zero-order valence-corrected chi connectivity index (χ0v) is 16.1. The van der Waals surface area contributed by atoms with E-state index in [4.69, 9.17) is 9.47 Å². The van der Waals surface area contributed by atoms with E-state index < -0.39 is 29.4 Å². The monoisotopic (exact) mass is 344 g/mol. The Bertz CT molecular complexity index is 422. The fourth-order valence-corrected chi connectivity index (χ4v) is 3.11. The van der Waals surface area contributed by atoms with Crippen LogP contribution in [0.3, 0.4) is 0 Å². The van der Waals surface area contributed by atoms with Crippen molar-refractivity contribution in [3.63, 3.8) is 0 Å². The minimum absolute atomic E-state index is 0.0389. The molecule has 0 aliphatic carbocycles. The molecule has 1 unspecified atom stereocenters. The van der Waals surface area contributed by atoms with Crippen molar-refractivity contribution in [3.8, 4) is 0 Å². The minimum atomic E-state index is -1.91. The van der Waals surface area contributed by atoms with E-state index in [1.54, 1.807) is 20.8 Å². The summed E-state index contributed by atoms with van der Waals surface area (Å²) < 4.78 is 10.3. The van der Waals surface area contributed by atoms with Crippen molar-refractivity contribution in [2.45, 2.75) is 79.1 Å². The maximum atomic E-state index is 12.7.